The molecule has 2 N–H and O–H groups in total. The van der Waals surface area contributed by atoms with Crippen LogP contribution in [0.15, 0.2) is 83.8 Å². The van der Waals surface area contributed by atoms with Gasteiger partial charge in [0.2, 0.25) is 0 Å². The summed E-state index contributed by atoms with van der Waals surface area (Å²) in [4.78, 5) is 25.4. The Morgan fingerprint density at radius 1 is 0.886 bits per heavy atom. The fourth-order valence-electron chi connectivity index (χ4n) is 3.32. The number of benzene rings is 3. The van der Waals surface area contributed by atoms with Gasteiger partial charge in [0.25, 0.3) is 0 Å². The summed E-state index contributed by atoms with van der Waals surface area (Å²) in [5.74, 6) is -2.81. The van der Waals surface area contributed by atoms with Gasteiger partial charge in [-0.3, -0.25) is 9.59 Å². The Morgan fingerprint density at radius 2 is 1.57 bits per heavy atom. The van der Waals surface area contributed by atoms with Crippen LogP contribution in [0.3, 0.4) is 0 Å². The predicted molar refractivity (Wildman–Crippen MR) is 129 cm³/mol. The number of esters is 2. The van der Waals surface area contributed by atoms with E-state index >= 15 is 0 Å². The molecule has 0 spiro atoms. The van der Waals surface area contributed by atoms with Crippen molar-refractivity contribution >= 4 is 22.1 Å². The molecule has 8 nitrogen and oxygen atoms in total. The Balaban J connectivity index is 1.83. The molecule has 9 heteroatoms. The first-order valence-electron chi connectivity index (χ1n) is 10.9. The molecule has 2 atom stereocenters. The predicted octanol–water partition coefficient (Wildman–Crippen LogP) is 3.48. The van der Waals surface area contributed by atoms with Gasteiger partial charge in [-0.1, -0.05) is 60.2 Å². The molecule has 0 radical (unpaired) electrons. The number of rotatable bonds is 10. The van der Waals surface area contributed by atoms with Crippen LogP contribution in [0.25, 0.3) is 0 Å². The maximum absolute atomic E-state index is 12.7. The molecule has 0 amide bonds. The van der Waals surface area contributed by atoms with Crippen LogP contribution >= 0.6 is 0 Å². The van der Waals surface area contributed by atoms with Gasteiger partial charge in [0.1, 0.15) is 29.2 Å². The van der Waals surface area contributed by atoms with Crippen LogP contribution in [0.4, 0.5) is 0 Å². The van der Waals surface area contributed by atoms with E-state index in [1.807, 2.05) is 13.0 Å². The monoisotopic (exact) mass is 497 g/mol. The molecule has 3 aromatic carbocycles. The SMILES string of the molecule is CCOC(=O)C(c1cccc(OS(=O)(=O)c2ccc(C)cc2)c1)C(N)C(=O)OCc1ccccc1. The minimum atomic E-state index is -4.12. The van der Waals surface area contributed by atoms with Crippen LogP contribution in [0.2, 0.25) is 0 Å². The third-order valence-corrected chi connectivity index (χ3v) is 6.39. The number of hydrogen-bond acceptors (Lipinski definition) is 8. The molecule has 0 heterocycles. The summed E-state index contributed by atoms with van der Waals surface area (Å²) in [6.07, 6.45) is 0. The first-order valence-corrected chi connectivity index (χ1v) is 12.4. The molecule has 0 aliphatic carbocycles. The lowest BCUT2D eigenvalue weighted by Gasteiger charge is -2.22. The molecule has 0 saturated heterocycles. The first kappa shape index (κ1) is 25.9. The van der Waals surface area contributed by atoms with E-state index in [-0.39, 0.29) is 29.4 Å². The van der Waals surface area contributed by atoms with Gasteiger partial charge in [0.05, 0.1) is 6.61 Å². The Kier molecular flexibility index (Phi) is 8.62. The van der Waals surface area contributed by atoms with E-state index in [0.29, 0.717) is 0 Å². The quantitative estimate of drug-likeness (QED) is 0.334. The van der Waals surface area contributed by atoms with Gasteiger partial charge in [-0.15, -0.1) is 0 Å². The molecule has 3 rings (SSSR count). The Bertz CT molecular complexity index is 1260. The van der Waals surface area contributed by atoms with Crippen LogP contribution in [0, 0.1) is 6.92 Å². The van der Waals surface area contributed by atoms with Gasteiger partial charge < -0.3 is 19.4 Å². The van der Waals surface area contributed by atoms with E-state index < -0.39 is 34.0 Å². The highest BCUT2D eigenvalue weighted by molar-refractivity contribution is 7.87. The zero-order chi connectivity index (χ0) is 25.4. The van der Waals surface area contributed by atoms with E-state index in [9.17, 15) is 18.0 Å². The molecular formula is C26H27NO7S. The fraction of sp³-hybridized carbons (Fsp3) is 0.231. The highest BCUT2D eigenvalue weighted by Gasteiger charge is 2.35. The zero-order valence-corrected chi connectivity index (χ0v) is 20.2. The molecular weight excluding hydrogens is 470 g/mol. The zero-order valence-electron chi connectivity index (χ0n) is 19.4. The largest absolute Gasteiger partial charge is 0.465 e. The summed E-state index contributed by atoms with van der Waals surface area (Å²) in [5, 5.41) is 0. The van der Waals surface area contributed by atoms with Gasteiger partial charge in [-0.2, -0.15) is 8.42 Å². The second kappa shape index (κ2) is 11.6. The van der Waals surface area contributed by atoms with E-state index in [1.54, 1.807) is 43.3 Å². The van der Waals surface area contributed by atoms with Crippen LogP contribution in [-0.4, -0.2) is 33.0 Å². The average Bonchev–Trinajstić information content (AvgIpc) is 2.83. The molecule has 3 aromatic rings. The molecule has 184 valence electrons. The van der Waals surface area contributed by atoms with Gasteiger partial charge in [-0.25, -0.2) is 0 Å². The molecule has 0 bridgehead atoms. The smallest absolute Gasteiger partial charge is 0.339 e. The number of carbonyl (C=O) groups is 2. The highest BCUT2D eigenvalue weighted by Crippen LogP contribution is 2.27. The summed E-state index contributed by atoms with van der Waals surface area (Å²) in [6, 6.07) is 19.6. The van der Waals surface area contributed by atoms with Crippen molar-refractivity contribution in [2.24, 2.45) is 5.73 Å². The number of hydrogen-bond donors (Lipinski definition) is 1. The molecule has 0 aliphatic rings. The molecule has 0 saturated carbocycles. The van der Waals surface area contributed by atoms with Crippen molar-refractivity contribution in [2.75, 3.05) is 6.61 Å². The van der Waals surface area contributed by atoms with Crippen molar-refractivity contribution in [3.8, 4) is 5.75 Å². The van der Waals surface area contributed by atoms with E-state index in [2.05, 4.69) is 0 Å². The summed E-state index contributed by atoms with van der Waals surface area (Å²) < 4.78 is 41.1. The molecule has 35 heavy (non-hydrogen) atoms. The van der Waals surface area contributed by atoms with Crippen molar-refractivity contribution in [1.82, 2.24) is 0 Å². The second-order valence-electron chi connectivity index (χ2n) is 7.77. The molecule has 0 aliphatic heterocycles. The van der Waals surface area contributed by atoms with Crippen LogP contribution in [-0.2, 0) is 35.8 Å². The number of aryl methyl sites for hydroxylation is 1. The van der Waals surface area contributed by atoms with E-state index in [1.165, 1.54) is 36.4 Å². The molecule has 0 fully saturated rings. The van der Waals surface area contributed by atoms with E-state index in [4.69, 9.17) is 19.4 Å². The fourth-order valence-corrected chi connectivity index (χ4v) is 4.25. The molecule has 2 unspecified atom stereocenters. The van der Waals surface area contributed by atoms with Gasteiger partial charge in [-0.05, 0) is 49.2 Å². The first-order chi connectivity index (χ1) is 16.7. The maximum Gasteiger partial charge on any atom is 0.339 e. The van der Waals surface area contributed by atoms with Crippen LogP contribution in [0.5, 0.6) is 5.75 Å². The van der Waals surface area contributed by atoms with Crippen molar-refractivity contribution < 1.29 is 31.7 Å². The minimum Gasteiger partial charge on any atom is -0.465 e. The van der Waals surface area contributed by atoms with Gasteiger partial charge in [0.15, 0.2) is 0 Å². The Labute approximate surface area is 204 Å². The summed E-state index contributed by atoms with van der Waals surface area (Å²) in [6.45, 7) is 3.52. The van der Waals surface area contributed by atoms with Gasteiger partial charge in [0, 0.05) is 0 Å². The van der Waals surface area contributed by atoms with Crippen molar-refractivity contribution in [3.63, 3.8) is 0 Å². The Morgan fingerprint density at radius 3 is 2.23 bits per heavy atom. The highest BCUT2D eigenvalue weighted by atomic mass is 32.2. The number of nitrogens with two attached hydrogens (primary N) is 1. The van der Waals surface area contributed by atoms with Crippen molar-refractivity contribution in [3.05, 3.63) is 95.6 Å². The third-order valence-electron chi connectivity index (χ3n) is 5.13. The third kappa shape index (κ3) is 6.91. The number of ether oxygens (including phenoxy) is 2. The lowest BCUT2D eigenvalue weighted by molar-refractivity contribution is -0.154. The minimum absolute atomic E-state index is 0.0130. The number of carbonyl (C=O) groups excluding carboxylic acids is 2. The summed E-state index contributed by atoms with van der Waals surface area (Å²) in [5.41, 5.74) is 8.05. The van der Waals surface area contributed by atoms with Crippen LogP contribution in [0.1, 0.15) is 29.5 Å². The second-order valence-corrected chi connectivity index (χ2v) is 9.32. The topological polar surface area (TPSA) is 122 Å². The summed E-state index contributed by atoms with van der Waals surface area (Å²) >= 11 is 0. The lowest BCUT2D eigenvalue weighted by atomic mass is 9.91. The standard InChI is InChI=1S/C26H27NO7S/c1-3-32-25(28)23(24(27)26(29)33-17-19-8-5-4-6-9-19)20-10-7-11-21(16-20)34-35(30,31)22-14-12-18(2)13-15-22/h4-16,23-24H,3,17,27H2,1-2H3. The lowest BCUT2D eigenvalue weighted by Crippen LogP contribution is -2.42. The van der Waals surface area contributed by atoms with Crippen molar-refractivity contribution in [1.29, 1.82) is 0 Å². The summed E-state index contributed by atoms with van der Waals surface area (Å²) in [7, 11) is -4.12. The van der Waals surface area contributed by atoms with Crippen LogP contribution < -0.4 is 9.92 Å². The van der Waals surface area contributed by atoms with Crippen molar-refractivity contribution in [2.45, 2.75) is 37.3 Å². The normalized spacial score (nSPS) is 12.9. The van der Waals surface area contributed by atoms with Gasteiger partial charge >= 0.3 is 22.1 Å². The average molecular weight is 498 g/mol. The Hall–Kier alpha value is -3.69. The maximum atomic E-state index is 12.7. The van der Waals surface area contributed by atoms with E-state index in [0.717, 1.165) is 11.1 Å². The molecule has 0 aromatic heterocycles.